The normalized spacial score (nSPS) is 11.0. The second kappa shape index (κ2) is 7.47. The molecule has 2 aromatic rings. The number of rotatable bonds is 6. The van der Waals surface area contributed by atoms with Crippen LogP contribution in [0.5, 0.6) is 0 Å². The smallest absolute Gasteiger partial charge is 0.234 e. The molecule has 0 saturated heterocycles. The van der Waals surface area contributed by atoms with Gasteiger partial charge in [-0.15, -0.1) is 0 Å². The number of hydrogen-bond acceptors (Lipinski definition) is 4. The first-order chi connectivity index (χ1) is 10.5. The first kappa shape index (κ1) is 16.6. The van der Waals surface area contributed by atoms with Gasteiger partial charge < -0.3 is 15.0 Å². The van der Waals surface area contributed by atoms with Gasteiger partial charge in [-0.1, -0.05) is 43.8 Å². The number of nitrogens with zero attached hydrogens (tertiary/aromatic N) is 2. The van der Waals surface area contributed by atoms with Gasteiger partial charge in [0.1, 0.15) is 0 Å². The van der Waals surface area contributed by atoms with Crippen LogP contribution in [0.3, 0.4) is 0 Å². The summed E-state index contributed by atoms with van der Waals surface area (Å²) < 4.78 is 1.79. The molecule has 0 fully saturated rings. The van der Waals surface area contributed by atoms with E-state index in [9.17, 15) is 4.79 Å². The third-order valence-electron chi connectivity index (χ3n) is 3.39. The zero-order valence-electron chi connectivity index (χ0n) is 13.0. The summed E-state index contributed by atoms with van der Waals surface area (Å²) in [7, 11) is 1.83. The van der Waals surface area contributed by atoms with Gasteiger partial charge in [-0.05, 0) is 17.5 Å². The molecule has 0 atom stereocenters. The van der Waals surface area contributed by atoms with E-state index in [0.29, 0.717) is 5.92 Å². The molecule has 1 aromatic carbocycles. The molecule has 0 saturated carbocycles. The van der Waals surface area contributed by atoms with Crippen LogP contribution in [0.1, 0.15) is 31.0 Å². The van der Waals surface area contributed by atoms with Crippen molar-refractivity contribution in [3.8, 4) is 0 Å². The maximum Gasteiger partial charge on any atom is 0.234 e. The van der Waals surface area contributed by atoms with E-state index >= 15 is 0 Å². The SMILES string of the molecule is CC(C)c1ccccc1NC(=O)CSc1ncc(CO)n1C. The van der Waals surface area contributed by atoms with Crippen molar-refractivity contribution in [2.75, 3.05) is 11.1 Å². The van der Waals surface area contributed by atoms with Gasteiger partial charge in [0.15, 0.2) is 5.16 Å². The number of imidazole rings is 1. The topological polar surface area (TPSA) is 67.2 Å². The number of benzene rings is 1. The fourth-order valence-electron chi connectivity index (χ4n) is 2.14. The van der Waals surface area contributed by atoms with Crippen molar-refractivity contribution >= 4 is 23.4 Å². The van der Waals surface area contributed by atoms with Crippen LogP contribution in [0.4, 0.5) is 5.69 Å². The highest BCUT2D eigenvalue weighted by Crippen LogP contribution is 2.24. The van der Waals surface area contributed by atoms with Gasteiger partial charge in [-0.2, -0.15) is 0 Å². The number of amides is 1. The van der Waals surface area contributed by atoms with Crippen molar-refractivity contribution < 1.29 is 9.90 Å². The first-order valence-electron chi connectivity index (χ1n) is 7.16. The molecule has 6 heteroatoms. The van der Waals surface area contributed by atoms with Gasteiger partial charge in [0, 0.05) is 12.7 Å². The van der Waals surface area contributed by atoms with Gasteiger partial charge in [0.05, 0.1) is 24.3 Å². The summed E-state index contributed by atoms with van der Waals surface area (Å²) >= 11 is 1.35. The van der Waals surface area contributed by atoms with E-state index in [1.54, 1.807) is 10.8 Å². The molecule has 0 radical (unpaired) electrons. The highest BCUT2D eigenvalue weighted by Gasteiger charge is 2.12. The maximum atomic E-state index is 12.1. The molecule has 0 aliphatic rings. The van der Waals surface area contributed by atoms with Crippen molar-refractivity contribution in [3.05, 3.63) is 41.7 Å². The van der Waals surface area contributed by atoms with E-state index in [4.69, 9.17) is 5.11 Å². The van der Waals surface area contributed by atoms with Crippen LogP contribution in [0, 0.1) is 0 Å². The third kappa shape index (κ3) is 3.90. The summed E-state index contributed by atoms with van der Waals surface area (Å²) in [4.78, 5) is 16.3. The fourth-order valence-corrected chi connectivity index (χ4v) is 2.91. The van der Waals surface area contributed by atoms with Crippen LogP contribution in [0.25, 0.3) is 0 Å². The number of nitrogens with one attached hydrogen (secondary N) is 1. The molecule has 5 nitrogen and oxygen atoms in total. The maximum absolute atomic E-state index is 12.1. The van der Waals surface area contributed by atoms with E-state index in [-0.39, 0.29) is 18.3 Å². The Labute approximate surface area is 134 Å². The van der Waals surface area contributed by atoms with Gasteiger partial charge >= 0.3 is 0 Å². The van der Waals surface area contributed by atoms with Crippen LogP contribution in [-0.4, -0.2) is 26.3 Å². The van der Waals surface area contributed by atoms with Gasteiger partial charge in [-0.25, -0.2) is 4.98 Å². The summed E-state index contributed by atoms with van der Waals surface area (Å²) in [6, 6.07) is 7.84. The summed E-state index contributed by atoms with van der Waals surface area (Å²) in [5.74, 6) is 0.569. The third-order valence-corrected chi connectivity index (χ3v) is 4.44. The van der Waals surface area contributed by atoms with Gasteiger partial charge in [0.25, 0.3) is 0 Å². The van der Waals surface area contributed by atoms with Crippen LogP contribution in [0.15, 0.2) is 35.6 Å². The van der Waals surface area contributed by atoms with Crippen molar-refractivity contribution in [3.63, 3.8) is 0 Å². The number of carbonyl (C=O) groups excluding carboxylic acids is 1. The molecule has 1 amide bonds. The molecule has 0 unspecified atom stereocenters. The lowest BCUT2D eigenvalue weighted by Gasteiger charge is -2.13. The van der Waals surface area contributed by atoms with Crippen LogP contribution in [-0.2, 0) is 18.4 Å². The molecule has 22 heavy (non-hydrogen) atoms. The number of aromatic nitrogens is 2. The molecule has 0 spiro atoms. The van der Waals surface area contributed by atoms with E-state index in [0.717, 1.165) is 22.1 Å². The zero-order chi connectivity index (χ0) is 16.1. The van der Waals surface area contributed by atoms with Crippen LogP contribution in [0.2, 0.25) is 0 Å². The highest BCUT2D eigenvalue weighted by molar-refractivity contribution is 7.99. The molecule has 0 aliphatic heterocycles. The Morgan fingerprint density at radius 2 is 2.14 bits per heavy atom. The highest BCUT2D eigenvalue weighted by atomic mass is 32.2. The molecular formula is C16H21N3O2S. The minimum atomic E-state index is -0.0633. The second-order valence-electron chi connectivity index (χ2n) is 5.33. The summed E-state index contributed by atoms with van der Waals surface area (Å²) in [5, 5.41) is 12.8. The predicted molar refractivity (Wildman–Crippen MR) is 89.0 cm³/mol. The minimum Gasteiger partial charge on any atom is -0.390 e. The van der Waals surface area contributed by atoms with Crippen molar-refractivity contribution in [1.29, 1.82) is 0 Å². The predicted octanol–water partition coefficient (Wildman–Crippen LogP) is 2.77. The minimum absolute atomic E-state index is 0.0575. The van der Waals surface area contributed by atoms with Crippen LogP contribution >= 0.6 is 11.8 Å². The Bertz CT molecular complexity index is 653. The number of para-hydroxylation sites is 1. The molecule has 0 bridgehead atoms. The van der Waals surface area contributed by atoms with E-state index in [1.165, 1.54) is 11.8 Å². The molecule has 0 aliphatic carbocycles. The molecule has 1 aromatic heterocycles. The standard InChI is InChI=1S/C16H21N3O2S/c1-11(2)13-6-4-5-7-14(13)18-15(21)10-22-16-17-8-12(9-20)19(16)3/h4-8,11,20H,9-10H2,1-3H3,(H,18,21). The average Bonchev–Trinajstić information content (AvgIpc) is 2.85. The first-order valence-corrected chi connectivity index (χ1v) is 8.14. The fraction of sp³-hybridized carbons (Fsp3) is 0.375. The molecule has 2 rings (SSSR count). The van der Waals surface area contributed by atoms with Crippen molar-refractivity contribution in [2.24, 2.45) is 7.05 Å². The Morgan fingerprint density at radius 3 is 2.77 bits per heavy atom. The monoisotopic (exact) mass is 319 g/mol. The van der Waals surface area contributed by atoms with E-state index in [1.807, 2.05) is 31.3 Å². The molecule has 1 heterocycles. The lowest BCUT2D eigenvalue weighted by molar-refractivity contribution is -0.113. The quantitative estimate of drug-likeness (QED) is 0.804. The van der Waals surface area contributed by atoms with Gasteiger partial charge in [0.2, 0.25) is 5.91 Å². The number of carbonyl (C=O) groups is 1. The van der Waals surface area contributed by atoms with Crippen LogP contribution < -0.4 is 5.32 Å². The Morgan fingerprint density at radius 1 is 1.41 bits per heavy atom. The molecule has 2 N–H and O–H groups in total. The molecular weight excluding hydrogens is 298 g/mol. The number of thioether (sulfide) groups is 1. The Kier molecular flexibility index (Phi) is 5.63. The van der Waals surface area contributed by atoms with E-state index in [2.05, 4.69) is 24.1 Å². The largest absolute Gasteiger partial charge is 0.390 e. The number of hydrogen-bond donors (Lipinski definition) is 2. The van der Waals surface area contributed by atoms with Crippen molar-refractivity contribution in [2.45, 2.75) is 31.5 Å². The number of anilines is 1. The summed E-state index contributed by atoms with van der Waals surface area (Å²) in [6.07, 6.45) is 1.62. The lowest BCUT2D eigenvalue weighted by Crippen LogP contribution is -2.16. The molecule has 118 valence electrons. The van der Waals surface area contributed by atoms with Crippen molar-refractivity contribution in [1.82, 2.24) is 9.55 Å². The average molecular weight is 319 g/mol. The van der Waals surface area contributed by atoms with E-state index < -0.39 is 0 Å². The zero-order valence-corrected chi connectivity index (χ0v) is 13.9. The second-order valence-corrected chi connectivity index (χ2v) is 6.27. The Balaban J connectivity index is 1.97. The summed E-state index contributed by atoms with van der Waals surface area (Å²) in [5.41, 5.74) is 2.72. The number of aliphatic hydroxyl groups excluding tert-OH is 1. The summed E-state index contributed by atoms with van der Waals surface area (Å²) in [6.45, 7) is 4.14. The lowest BCUT2D eigenvalue weighted by atomic mass is 10.0. The van der Waals surface area contributed by atoms with Gasteiger partial charge in [-0.3, -0.25) is 4.79 Å². The number of aliphatic hydroxyl groups is 1. The Hall–Kier alpha value is -1.79.